The van der Waals surface area contributed by atoms with E-state index >= 15 is 0 Å². The van der Waals surface area contributed by atoms with Crippen LogP contribution >= 0.6 is 0 Å². The van der Waals surface area contributed by atoms with Gasteiger partial charge in [0, 0.05) is 32.4 Å². The van der Waals surface area contributed by atoms with Gasteiger partial charge < -0.3 is 15.5 Å². The van der Waals surface area contributed by atoms with Gasteiger partial charge in [-0.15, -0.1) is 0 Å². The Morgan fingerprint density at radius 3 is 2.89 bits per heavy atom. The quantitative estimate of drug-likeness (QED) is 0.793. The molecule has 0 aromatic carbocycles. The van der Waals surface area contributed by atoms with Gasteiger partial charge in [0.1, 0.15) is 0 Å². The number of aromatic nitrogens is 2. The van der Waals surface area contributed by atoms with Crippen molar-refractivity contribution in [3.63, 3.8) is 0 Å². The van der Waals surface area contributed by atoms with Gasteiger partial charge >= 0.3 is 0 Å². The molecule has 0 saturated carbocycles. The van der Waals surface area contributed by atoms with Gasteiger partial charge in [0.25, 0.3) is 0 Å². The maximum absolute atomic E-state index is 11.8. The third-order valence-electron chi connectivity index (χ3n) is 3.06. The molecule has 18 heavy (non-hydrogen) atoms. The Kier molecular flexibility index (Phi) is 3.76. The van der Waals surface area contributed by atoms with Crippen LogP contribution in [0.25, 0.3) is 0 Å². The lowest BCUT2D eigenvalue weighted by Crippen LogP contribution is -2.35. The maximum atomic E-state index is 11.8. The van der Waals surface area contributed by atoms with Crippen LogP contribution in [-0.4, -0.2) is 47.5 Å². The van der Waals surface area contributed by atoms with Crippen LogP contribution in [0, 0.1) is 6.92 Å². The van der Waals surface area contributed by atoms with Gasteiger partial charge in [0.2, 0.25) is 11.9 Å². The molecule has 1 amide bonds. The van der Waals surface area contributed by atoms with E-state index in [1.54, 1.807) is 4.90 Å². The summed E-state index contributed by atoms with van der Waals surface area (Å²) in [6, 6.07) is 1.87. The molecule has 0 spiro atoms. The predicted molar refractivity (Wildman–Crippen MR) is 69.1 cm³/mol. The number of amides is 1. The van der Waals surface area contributed by atoms with Gasteiger partial charge in [-0.2, -0.15) is 0 Å². The Labute approximate surface area is 107 Å². The highest BCUT2D eigenvalue weighted by Gasteiger charge is 2.21. The number of anilines is 1. The lowest BCUT2D eigenvalue weighted by Gasteiger charge is -2.20. The molecule has 2 N–H and O–H groups in total. The molecule has 0 bridgehead atoms. The lowest BCUT2D eigenvalue weighted by atomic mass is 10.3. The minimum absolute atomic E-state index is 0.104. The second-order valence-electron chi connectivity index (χ2n) is 4.60. The third-order valence-corrected chi connectivity index (χ3v) is 3.06. The molecule has 1 aromatic rings. The zero-order chi connectivity index (χ0) is 13.1. The van der Waals surface area contributed by atoms with E-state index in [4.69, 9.17) is 5.73 Å². The fourth-order valence-corrected chi connectivity index (χ4v) is 2.02. The number of hydrogen-bond acceptors (Lipinski definition) is 5. The van der Waals surface area contributed by atoms with Crippen molar-refractivity contribution in [3.8, 4) is 0 Å². The summed E-state index contributed by atoms with van der Waals surface area (Å²) in [5.74, 6) is 0.714. The topological polar surface area (TPSA) is 75.3 Å². The normalized spacial score (nSPS) is 16.9. The Morgan fingerprint density at radius 1 is 1.39 bits per heavy atom. The molecule has 1 aliphatic rings. The first-order valence-corrected chi connectivity index (χ1v) is 6.13. The first kappa shape index (κ1) is 12.8. The summed E-state index contributed by atoms with van der Waals surface area (Å²) in [5.41, 5.74) is 7.30. The first-order chi connectivity index (χ1) is 8.60. The molecule has 1 saturated heterocycles. The number of carbonyl (C=O) groups is 1. The molecule has 2 rings (SSSR count). The van der Waals surface area contributed by atoms with E-state index < -0.39 is 0 Å². The van der Waals surface area contributed by atoms with Crippen molar-refractivity contribution in [2.75, 3.05) is 31.6 Å². The van der Waals surface area contributed by atoms with Gasteiger partial charge in [-0.05, 0) is 19.4 Å². The van der Waals surface area contributed by atoms with Crippen LogP contribution in [0.1, 0.15) is 17.8 Å². The van der Waals surface area contributed by atoms with E-state index in [0.717, 1.165) is 30.9 Å². The van der Waals surface area contributed by atoms with Gasteiger partial charge in [-0.3, -0.25) is 4.79 Å². The number of nitrogens with zero attached hydrogens (tertiary/aromatic N) is 4. The molecule has 0 atom stereocenters. The van der Waals surface area contributed by atoms with Crippen LogP contribution in [0.15, 0.2) is 6.07 Å². The van der Waals surface area contributed by atoms with Crippen molar-refractivity contribution in [1.29, 1.82) is 0 Å². The molecular weight excluding hydrogens is 230 g/mol. The van der Waals surface area contributed by atoms with Gasteiger partial charge in [-0.25, -0.2) is 9.97 Å². The summed E-state index contributed by atoms with van der Waals surface area (Å²) in [4.78, 5) is 24.3. The summed E-state index contributed by atoms with van der Waals surface area (Å²) >= 11 is 0. The molecular formula is C12H19N5O. The standard InChI is InChI=1S/C12H19N5O/c1-9-6-10(7-13)15-12(14-9)17-5-3-4-16(2)11(18)8-17/h6H,3-5,7-8,13H2,1-2H3. The fourth-order valence-electron chi connectivity index (χ4n) is 2.02. The highest BCUT2D eigenvalue weighted by molar-refractivity contribution is 5.81. The molecule has 0 radical (unpaired) electrons. The van der Waals surface area contributed by atoms with Crippen molar-refractivity contribution >= 4 is 11.9 Å². The summed E-state index contributed by atoms with van der Waals surface area (Å²) in [6.45, 7) is 4.21. The van der Waals surface area contributed by atoms with E-state index in [9.17, 15) is 4.79 Å². The average Bonchev–Trinajstić information content (AvgIpc) is 2.51. The maximum Gasteiger partial charge on any atom is 0.241 e. The smallest absolute Gasteiger partial charge is 0.241 e. The number of aryl methyl sites for hydroxylation is 1. The van der Waals surface area contributed by atoms with Crippen LogP contribution in [0.4, 0.5) is 5.95 Å². The second-order valence-corrected chi connectivity index (χ2v) is 4.60. The van der Waals surface area contributed by atoms with Gasteiger partial charge in [-0.1, -0.05) is 0 Å². The highest BCUT2D eigenvalue weighted by atomic mass is 16.2. The van der Waals surface area contributed by atoms with Gasteiger partial charge in [0.15, 0.2) is 0 Å². The monoisotopic (exact) mass is 249 g/mol. The van der Waals surface area contributed by atoms with Crippen molar-refractivity contribution in [3.05, 3.63) is 17.5 Å². The van der Waals surface area contributed by atoms with Crippen LogP contribution in [0.5, 0.6) is 0 Å². The molecule has 0 aliphatic carbocycles. The third kappa shape index (κ3) is 2.76. The van der Waals surface area contributed by atoms with Crippen molar-refractivity contribution < 1.29 is 4.79 Å². The minimum atomic E-state index is 0.104. The summed E-state index contributed by atoms with van der Waals surface area (Å²) < 4.78 is 0. The van der Waals surface area contributed by atoms with Crippen LogP contribution in [-0.2, 0) is 11.3 Å². The van der Waals surface area contributed by atoms with Crippen LogP contribution in [0.2, 0.25) is 0 Å². The van der Waals surface area contributed by atoms with Crippen molar-refractivity contribution in [1.82, 2.24) is 14.9 Å². The summed E-state index contributed by atoms with van der Waals surface area (Å²) in [5, 5.41) is 0. The van der Waals surface area contributed by atoms with Crippen LogP contribution < -0.4 is 10.6 Å². The predicted octanol–water partition coefficient (Wildman–Crippen LogP) is -0.0878. The Hall–Kier alpha value is -1.69. The Bertz CT molecular complexity index is 448. The fraction of sp³-hybridized carbons (Fsp3) is 0.583. The SMILES string of the molecule is Cc1cc(CN)nc(N2CCCN(C)C(=O)C2)n1. The summed E-state index contributed by atoms with van der Waals surface area (Å²) in [7, 11) is 1.83. The second kappa shape index (κ2) is 5.30. The molecule has 1 aliphatic heterocycles. The highest BCUT2D eigenvalue weighted by Crippen LogP contribution is 2.13. The molecule has 6 heteroatoms. The average molecular weight is 249 g/mol. The summed E-state index contributed by atoms with van der Waals surface area (Å²) in [6.07, 6.45) is 0.928. The molecule has 1 aromatic heterocycles. The number of carbonyl (C=O) groups excluding carboxylic acids is 1. The number of likely N-dealkylation sites (N-methyl/N-ethyl adjacent to an activating group) is 1. The first-order valence-electron chi connectivity index (χ1n) is 6.13. The van der Waals surface area contributed by atoms with E-state index in [2.05, 4.69) is 9.97 Å². The lowest BCUT2D eigenvalue weighted by molar-refractivity contribution is -0.127. The van der Waals surface area contributed by atoms with E-state index in [1.807, 2.05) is 24.9 Å². The Balaban J connectivity index is 2.24. The molecule has 2 heterocycles. The van der Waals surface area contributed by atoms with Crippen molar-refractivity contribution in [2.45, 2.75) is 19.9 Å². The van der Waals surface area contributed by atoms with E-state index in [-0.39, 0.29) is 5.91 Å². The number of rotatable bonds is 2. The number of hydrogen-bond donors (Lipinski definition) is 1. The minimum Gasteiger partial charge on any atom is -0.344 e. The molecule has 1 fully saturated rings. The molecule has 0 unspecified atom stereocenters. The zero-order valence-electron chi connectivity index (χ0n) is 10.9. The van der Waals surface area contributed by atoms with Gasteiger partial charge in [0.05, 0.1) is 12.2 Å². The van der Waals surface area contributed by atoms with E-state index in [0.29, 0.717) is 19.0 Å². The largest absolute Gasteiger partial charge is 0.344 e. The van der Waals surface area contributed by atoms with Crippen molar-refractivity contribution in [2.24, 2.45) is 5.73 Å². The van der Waals surface area contributed by atoms with E-state index in [1.165, 1.54) is 0 Å². The molecule has 6 nitrogen and oxygen atoms in total. The number of nitrogens with two attached hydrogens (primary N) is 1. The Morgan fingerprint density at radius 2 is 2.17 bits per heavy atom. The van der Waals surface area contributed by atoms with Crippen LogP contribution in [0.3, 0.4) is 0 Å². The molecule has 98 valence electrons. The zero-order valence-corrected chi connectivity index (χ0v) is 10.9.